The molecule has 0 saturated carbocycles. The topological polar surface area (TPSA) is 88.9 Å². The van der Waals surface area contributed by atoms with Gasteiger partial charge in [0.2, 0.25) is 0 Å². The second-order valence-corrected chi connectivity index (χ2v) is 6.05. The number of nitro groups is 1. The van der Waals surface area contributed by atoms with Crippen LogP contribution in [0, 0.1) is 10.1 Å². The number of nitro benzene ring substituents is 1. The van der Waals surface area contributed by atoms with Gasteiger partial charge >= 0.3 is 0 Å². The van der Waals surface area contributed by atoms with E-state index in [9.17, 15) is 14.9 Å². The number of benzene rings is 1. The SMILES string of the molecule is CCC(c1cc2nc[nH]c(=O)c2cc1[N+](=O)[O-])C(C)Br. The van der Waals surface area contributed by atoms with E-state index in [0.29, 0.717) is 11.1 Å². The number of nitrogens with one attached hydrogen (secondary N) is 1. The monoisotopic (exact) mass is 339 g/mol. The molecule has 0 aliphatic heterocycles. The lowest BCUT2D eigenvalue weighted by Gasteiger charge is -2.18. The van der Waals surface area contributed by atoms with E-state index in [1.807, 2.05) is 13.8 Å². The van der Waals surface area contributed by atoms with E-state index in [1.54, 1.807) is 6.07 Å². The largest absolute Gasteiger partial charge is 0.313 e. The van der Waals surface area contributed by atoms with E-state index in [1.165, 1.54) is 12.4 Å². The molecule has 1 aromatic heterocycles. The maximum atomic E-state index is 11.7. The van der Waals surface area contributed by atoms with Gasteiger partial charge in [0.1, 0.15) is 0 Å². The van der Waals surface area contributed by atoms with Crippen molar-refractivity contribution < 1.29 is 4.92 Å². The molecular formula is C13H14BrN3O3. The summed E-state index contributed by atoms with van der Waals surface area (Å²) in [5, 5.41) is 11.5. The fourth-order valence-electron chi connectivity index (χ4n) is 2.37. The summed E-state index contributed by atoms with van der Waals surface area (Å²) in [5.41, 5.74) is 0.673. The van der Waals surface area contributed by atoms with Crippen molar-refractivity contribution in [1.82, 2.24) is 9.97 Å². The molecule has 2 aromatic rings. The molecule has 1 N–H and O–H groups in total. The zero-order chi connectivity index (χ0) is 14.9. The number of halogens is 1. The highest BCUT2D eigenvalue weighted by Gasteiger charge is 2.25. The Morgan fingerprint density at radius 2 is 2.20 bits per heavy atom. The molecule has 2 rings (SSSR count). The van der Waals surface area contributed by atoms with Crippen molar-refractivity contribution in [3.8, 4) is 0 Å². The Kier molecular flexibility index (Phi) is 4.17. The van der Waals surface area contributed by atoms with Crippen LogP contribution in [0.25, 0.3) is 10.9 Å². The van der Waals surface area contributed by atoms with Crippen molar-refractivity contribution in [2.24, 2.45) is 0 Å². The smallest absolute Gasteiger partial charge is 0.273 e. The molecule has 2 atom stereocenters. The Balaban J connectivity index is 2.78. The molecule has 0 amide bonds. The second-order valence-electron chi connectivity index (χ2n) is 4.61. The van der Waals surface area contributed by atoms with Gasteiger partial charge in [0, 0.05) is 22.4 Å². The minimum Gasteiger partial charge on any atom is -0.313 e. The molecule has 0 fully saturated rings. The average molecular weight is 340 g/mol. The first-order valence-corrected chi connectivity index (χ1v) is 7.17. The van der Waals surface area contributed by atoms with Crippen LogP contribution in [-0.2, 0) is 0 Å². The third-order valence-electron chi connectivity index (χ3n) is 3.38. The normalized spacial score (nSPS) is 14.2. The van der Waals surface area contributed by atoms with Crippen LogP contribution in [0.4, 0.5) is 5.69 Å². The maximum Gasteiger partial charge on any atom is 0.273 e. The standard InChI is InChI=1S/C13H14BrN3O3/c1-3-8(7(2)14)9-4-11-10(5-12(9)17(19)20)13(18)16-6-15-11/h4-8H,3H2,1-2H3,(H,15,16,18). The van der Waals surface area contributed by atoms with Gasteiger partial charge in [0.25, 0.3) is 11.2 Å². The zero-order valence-corrected chi connectivity index (χ0v) is 12.7. The molecule has 20 heavy (non-hydrogen) atoms. The van der Waals surface area contributed by atoms with E-state index in [2.05, 4.69) is 25.9 Å². The molecule has 2 unspecified atom stereocenters. The first-order valence-electron chi connectivity index (χ1n) is 6.25. The molecular weight excluding hydrogens is 326 g/mol. The Morgan fingerprint density at radius 3 is 2.75 bits per heavy atom. The van der Waals surface area contributed by atoms with E-state index >= 15 is 0 Å². The van der Waals surface area contributed by atoms with Crippen LogP contribution < -0.4 is 5.56 Å². The molecule has 0 aliphatic rings. The molecule has 0 bridgehead atoms. The zero-order valence-electron chi connectivity index (χ0n) is 11.1. The lowest BCUT2D eigenvalue weighted by atomic mass is 9.91. The summed E-state index contributed by atoms with van der Waals surface area (Å²) in [4.78, 5) is 29.1. The maximum absolute atomic E-state index is 11.7. The summed E-state index contributed by atoms with van der Waals surface area (Å²) < 4.78 is 0. The summed E-state index contributed by atoms with van der Waals surface area (Å²) in [6.07, 6.45) is 2.06. The van der Waals surface area contributed by atoms with Gasteiger partial charge in [-0.25, -0.2) is 4.98 Å². The van der Waals surface area contributed by atoms with Gasteiger partial charge in [-0.3, -0.25) is 14.9 Å². The average Bonchev–Trinajstić information content (AvgIpc) is 2.38. The molecule has 0 spiro atoms. The molecule has 0 saturated heterocycles. The number of fused-ring (bicyclic) bond motifs is 1. The Hall–Kier alpha value is -1.76. The van der Waals surface area contributed by atoms with Gasteiger partial charge in [-0.1, -0.05) is 29.8 Å². The summed E-state index contributed by atoms with van der Waals surface area (Å²) in [6, 6.07) is 2.96. The minimum absolute atomic E-state index is 0.0131. The Morgan fingerprint density at radius 1 is 1.50 bits per heavy atom. The van der Waals surface area contributed by atoms with Crippen LogP contribution in [0.3, 0.4) is 0 Å². The van der Waals surface area contributed by atoms with Crippen molar-refractivity contribution in [3.63, 3.8) is 0 Å². The fourth-order valence-corrected chi connectivity index (χ4v) is 3.03. The van der Waals surface area contributed by atoms with Crippen LogP contribution in [0.2, 0.25) is 0 Å². The van der Waals surface area contributed by atoms with Gasteiger partial charge < -0.3 is 4.98 Å². The van der Waals surface area contributed by atoms with Gasteiger partial charge in [-0.05, 0) is 12.5 Å². The number of nitrogens with zero attached hydrogens (tertiary/aromatic N) is 2. The predicted octanol–water partition coefficient (Wildman–Crippen LogP) is 3.11. The van der Waals surface area contributed by atoms with Gasteiger partial charge in [0.15, 0.2) is 0 Å². The van der Waals surface area contributed by atoms with E-state index in [0.717, 1.165) is 6.42 Å². The summed E-state index contributed by atoms with van der Waals surface area (Å²) in [6.45, 7) is 3.93. The van der Waals surface area contributed by atoms with Gasteiger partial charge in [-0.2, -0.15) is 0 Å². The first-order chi connectivity index (χ1) is 9.45. The highest BCUT2D eigenvalue weighted by atomic mass is 79.9. The van der Waals surface area contributed by atoms with Crippen LogP contribution >= 0.6 is 15.9 Å². The summed E-state index contributed by atoms with van der Waals surface area (Å²) in [7, 11) is 0. The number of aromatic nitrogens is 2. The molecule has 1 aromatic carbocycles. The highest BCUT2D eigenvalue weighted by Crippen LogP contribution is 2.35. The molecule has 106 valence electrons. The van der Waals surface area contributed by atoms with Gasteiger partial charge in [-0.15, -0.1) is 0 Å². The van der Waals surface area contributed by atoms with Crippen molar-refractivity contribution in [3.05, 3.63) is 44.5 Å². The molecule has 7 heteroatoms. The van der Waals surface area contributed by atoms with E-state index in [-0.39, 0.29) is 27.4 Å². The second kappa shape index (κ2) is 5.70. The highest BCUT2D eigenvalue weighted by molar-refractivity contribution is 9.09. The van der Waals surface area contributed by atoms with Crippen LogP contribution in [0.1, 0.15) is 31.7 Å². The number of alkyl halides is 1. The van der Waals surface area contributed by atoms with Crippen molar-refractivity contribution in [2.45, 2.75) is 31.0 Å². The molecule has 0 radical (unpaired) electrons. The number of hydrogen-bond donors (Lipinski definition) is 1. The molecule has 1 heterocycles. The van der Waals surface area contributed by atoms with Crippen LogP contribution in [0.15, 0.2) is 23.3 Å². The Bertz CT molecular complexity index is 712. The van der Waals surface area contributed by atoms with Crippen LogP contribution in [0.5, 0.6) is 0 Å². The van der Waals surface area contributed by atoms with E-state index in [4.69, 9.17) is 0 Å². The molecule has 6 nitrogen and oxygen atoms in total. The predicted molar refractivity (Wildman–Crippen MR) is 80.4 cm³/mol. The van der Waals surface area contributed by atoms with E-state index < -0.39 is 4.92 Å². The lowest BCUT2D eigenvalue weighted by molar-refractivity contribution is -0.385. The molecule has 0 aliphatic carbocycles. The van der Waals surface area contributed by atoms with Crippen molar-refractivity contribution in [2.75, 3.05) is 0 Å². The number of H-pyrrole nitrogens is 1. The van der Waals surface area contributed by atoms with Crippen molar-refractivity contribution >= 4 is 32.5 Å². The van der Waals surface area contributed by atoms with Gasteiger partial charge in [0.05, 0.1) is 22.2 Å². The quantitative estimate of drug-likeness (QED) is 0.526. The Labute approximate surface area is 123 Å². The number of rotatable bonds is 4. The number of hydrogen-bond acceptors (Lipinski definition) is 4. The first kappa shape index (κ1) is 14.6. The number of aromatic amines is 1. The third kappa shape index (κ3) is 2.58. The minimum atomic E-state index is -0.445. The summed E-state index contributed by atoms with van der Waals surface area (Å²) in [5.74, 6) is -0.0131. The fraction of sp³-hybridized carbons (Fsp3) is 0.385. The van der Waals surface area contributed by atoms with Crippen molar-refractivity contribution in [1.29, 1.82) is 0 Å². The van der Waals surface area contributed by atoms with Crippen LogP contribution in [-0.4, -0.2) is 19.7 Å². The third-order valence-corrected chi connectivity index (χ3v) is 4.02. The lowest BCUT2D eigenvalue weighted by Crippen LogP contribution is -2.13. The summed E-state index contributed by atoms with van der Waals surface area (Å²) >= 11 is 3.49.